The van der Waals surface area contributed by atoms with Crippen molar-refractivity contribution in [3.05, 3.63) is 75.5 Å². The molecule has 1 aliphatic rings. The first-order chi connectivity index (χ1) is 18.7. The number of halogens is 3. The van der Waals surface area contributed by atoms with Crippen LogP contribution in [0.5, 0.6) is 5.75 Å². The number of nitrogens with one attached hydrogen (secondary N) is 1. The molecular weight excluding hydrogens is 550 g/mol. The highest BCUT2D eigenvalue weighted by Crippen LogP contribution is 2.29. The molecule has 10 nitrogen and oxygen atoms in total. The van der Waals surface area contributed by atoms with Crippen molar-refractivity contribution in [1.82, 2.24) is 15.1 Å². The molecule has 0 atom stereocenters. The highest BCUT2D eigenvalue weighted by molar-refractivity contribution is 6.36. The zero-order chi connectivity index (χ0) is 28.0. The SMILES string of the molecule is Nc1nnc(NC(=O)[N+]2(C(=O)c3ccccc3)CCN(CCO)CC2)cc1OCCc1c(Cl)ccc(F)c1Cl. The average Bonchev–Trinajstić information content (AvgIpc) is 2.95. The fraction of sp³-hybridized carbons (Fsp3) is 0.308. The van der Waals surface area contributed by atoms with E-state index in [-0.39, 0.29) is 61.0 Å². The van der Waals surface area contributed by atoms with Gasteiger partial charge in [0, 0.05) is 37.1 Å². The van der Waals surface area contributed by atoms with Gasteiger partial charge in [0.05, 0.1) is 23.8 Å². The highest BCUT2D eigenvalue weighted by atomic mass is 35.5. The number of piperazine rings is 1. The van der Waals surface area contributed by atoms with Gasteiger partial charge in [-0.2, -0.15) is 4.48 Å². The molecule has 1 saturated heterocycles. The molecule has 0 saturated carbocycles. The first-order valence-corrected chi connectivity index (χ1v) is 13.0. The number of nitrogens with zero attached hydrogens (tertiary/aromatic N) is 4. The number of aliphatic hydroxyl groups is 1. The number of imide groups is 1. The Kier molecular flexibility index (Phi) is 9.31. The summed E-state index contributed by atoms with van der Waals surface area (Å²) in [6, 6.07) is 12.0. The third-order valence-corrected chi connectivity index (χ3v) is 7.34. The van der Waals surface area contributed by atoms with Gasteiger partial charge >= 0.3 is 11.9 Å². The lowest BCUT2D eigenvalue weighted by Gasteiger charge is -2.39. The van der Waals surface area contributed by atoms with Crippen LogP contribution in [0, 0.1) is 5.82 Å². The molecule has 0 aliphatic carbocycles. The van der Waals surface area contributed by atoms with E-state index in [9.17, 15) is 19.1 Å². The second-order valence-electron chi connectivity index (χ2n) is 8.98. The van der Waals surface area contributed by atoms with Gasteiger partial charge in [0.25, 0.3) is 0 Å². The Morgan fingerprint density at radius 2 is 1.85 bits per heavy atom. The summed E-state index contributed by atoms with van der Waals surface area (Å²) in [4.78, 5) is 29.2. The summed E-state index contributed by atoms with van der Waals surface area (Å²) in [6.45, 7) is 1.79. The maximum absolute atomic E-state index is 13.8. The Morgan fingerprint density at radius 1 is 1.13 bits per heavy atom. The minimum atomic E-state index is -0.592. The van der Waals surface area contributed by atoms with E-state index >= 15 is 0 Å². The Balaban J connectivity index is 1.51. The number of ether oxygens (including phenoxy) is 1. The molecule has 0 radical (unpaired) electrons. The number of anilines is 2. The number of benzene rings is 2. The fourth-order valence-electron chi connectivity index (χ4n) is 4.38. The van der Waals surface area contributed by atoms with Gasteiger partial charge in [0.2, 0.25) is 0 Å². The number of nitrogen functional groups attached to an aromatic ring is 1. The third-order valence-electron chi connectivity index (χ3n) is 6.58. The van der Waals surface area contributed by atoms with Gasteiger partial charge in [0.1, 0.15) is 18.9 Å². The summed E-state index contributed by atoms with van der Waals surface area (Å²) in [5, 5.41) is 20.0. The van der Waals surface area contributed by atoms with E-state index in [0.717, 1.165) is 0 Å². The zero-order valence-electron chi connectivity index (χ0n) is 20.9. The number of quaternary nitrogens is 1. The molecule has 39 heavy (non-hydrogen) atoms. The molecular formula is C26H28Cl2FN6O4+. The molecule has 3 aromatic rings. The molecule has 4 N–H and O–H groups in total. The van der Waals surface area contributed by atoms with Crippen LogP contribution in [0.1, 0.15) is 15.9 Å². The van der Waals surface area contributed by atoms with Crippen molar-refractivity contribution in [2.75, 3.05) is 57.0 Å². The topological polar surface area (TPSA) is 131 Å². The van der Waals surface area contributed by atoms with Crippen molar-refractivity contribution in [2.45, 2.75) is 6.42 Å². The lowest BCUT2D eigenvalue weighted by atomic mass is 10.1. The van der Waals surface area contributed by atoms with Crippen molar-refractivity contribution in [3.63, 3.8) is 0 Å². The van der Waals surface area contributed by atoms with Crippen LogP contribution in [0.15, 0.2) is 48.5 Å². The van der Waals surface area contributed by atoms with Crippen molar-refractivity contribution in [1.29, 1.82) is 0 Å². The van der Waals surface area contributed by atoms with Gasteiger partial charge in [-0.1, -0.05) is 41.4 Å². The van der Waals surface area contributed by atoms with E-state index in [2.05, 4.69) is 15.5 Å². The lowest BCUT2D eigenvalue weighted by molar-refractivity contribution is -0.771. The Hall–Kier alpha value is -3.35. The highest BCUT2D eigenvalue weighted by Gasteiger charge is 2.48. The molecule has 3 amide bonds. The summed E-state index contributed by atoms with van der Waals surface area (Å²) < 4.78 is 19.0. The summed E-state index contributed by atoms with van der Waals surface area (Å²) in [5.74, 6) is -0.780. The fourth-order valence-corrected chi connectivity index (χ4v) is 4.94. The molecule has 1 aliphatic heterocycles. The number of aromatic nitrogens is 2. The minimum Gasteiger partial charge on any atom is -0.489 e. The molecule has 0 spiro atoms. The number of β-amino-alcohol motifs (C(OH)–C–C–N with tert-alkyl or cyclic N) is 1. The molecule has 4 rings (SSSR count). The second-order valence-corrected chi connectivity index (χ2v) is 9.77. The molecule has 206 valence electrons. The first-order valence-electron chi connectivity index (χ1n) is 12.3. The van der Waals surface area contributed by atoms with Crippen LogP contribution >= 0.6 is 23.2 Å². The van der Waals surface area contributed by atoms with Gasteiger partial charge in [-0.15, -0.1) is 10.2 Å². The van der Waals surface area contributed by atoms with E-state index in [4.69, 9.17) is 33.7 Å². The monoisotopic (exact) mass is 577 g/mol. The third kappa shape index (κ3) is 6.45. The number of rotatable bonds is 8. The average molecular weight is 578 g/mol. The Bertz CT molecular complexity index is 1340. The molecule has 1 fully saturated rings. The number of hydrogen-bond donors (Lipinski definition) is 3. The predicted octanol–water partition coefficient (Wildman–Crippen LogP) is 3.62. The number of nitrogens with two attached hydrogens (primary N) is 1. The predicted molar refractivity (Wildman–Crippen MR) is 145 cm³/mol. The minimum absolute atomic E-state index is 0.0136. The number of hydrogen-bond acceptors (Lipinski definition) is 8. The number of carbonyl (C=O) groups excluding carboxylic acids is 2. The number of amides is 3. The molecule has 1 aromatic heterocycles. The smallest absolute Gasteiger partial charge is 0.430 e. The normalized spacial score (nSPS) is 15.1. The van der Waals surface area contributed by atoms with Gasteiger partial charge < -0.3 is 15.6 Å². The van der Waals surface area contributed by atoms with Crippen molar-refractivity contribution in [3.8, 4) is 5.75 Å². The summed E-state index contributed by atoms with van der Waals surface area (Å²) in [5.41, 5.74) is 6.71. The largest absolute Gasteiger partial charge is 0.489 e. The van der Waals surface area contributed by atoms with Crippen molar-refractivity contribution >= 4 is 46.8 Å². The van der Waals surface area contributed by atoms with Crippen LogP contribution in [0.25, 0.3) is 0 Å². The van der Waals surface area contributed by atoms with Crippen LogP contribution < -0.4 is 15.8 Å². The van der Waals surface area contributed by atoms with E-state index < -0.39 is 16.3 Å². The van der Waals surface area contributed by atoms with Gasteiger partial charge in [-0.05, 0) is 29.8 Å². The van der Waals surface area contributed by atoms with Crippen LogP contribution in [-0.4, -0.2) is 82.6 Å². The maximum Gasteiger partial charge on any atom is 0.430 e. The quantitative estimate of drug-likeness (QED) is 0.273. The molecule has 2 aromatic carbocycles. The van der Waals surface area contributed by atoms with Crippen LogP contribution in [-0.2, 0) is 6.42 Å². The first kappa shape index (κ1) is 28.7. The summed E-state index contributed by atoms with van der Waals surface area (Å²) in [6.07, 6.45) is 0.189. The molecule has 13 heteroatoms. The summed E-state index contributed by atoms with van der Waals surface area (Å²) in [7, 11) is 0. The van der Waals surface area contributed by atoms with Crippen molar-refractivity contribution < 1.29 is 28.3 Å². The van der Waals surface area contributed by atoms with Gasteiger partial charge in [0.15, 0.2) is 17.4 Å². The maximum atomic E-state index is 13.8. The molecule has 0 bridgehead atoms. The second kappa shape index (κ2) is 12.7. The Morgan fingerprint density at radius 3 is 2.54 bits per heavy atom. The zero-order valence-corrected chi connectivity index (χ0v) is 22.5. The van der Waals surface area contributed by atoms with Crippen LogP contribution in [0.2, 0.25) is 10.0 Å². The van der Waals surface area contributed by atoms with Gasteiger partial charge in [-0.3, -0.25) is 10.2 Å². The Labute approximate surface area is 234 Å². The van der Waals surface area contributed by atoms with Gasteiger partial charge in [-0.25, -0.2) is 14.0 Å². The van der Waals surface area contributed by atoms with E-state index in [1.807, 2.05) is 4.90 Å². The number of urea groups is 1. The van der Waals surface area contributed by atoms with E-state index in [1.54, 1.807) is 30.3 Å². The number of carbonyl (C=O) groups is 2. The summed E-state index contributed by atoms with van der Waals surface area (Å²) >= 11 is 12.2. The van der Waals surface area contributed by atoms with E-state index in [1.165, 1.54) is 18.2 Å². The lowest BCUT2D eigenvalue weighted by Crippen LogP contribution is -2.66. The van der Waals surface area contributed by atoms with Crippen LogP contribution in [0.4, 0.5) is 20.8 Å². The van der Waals surface area contributed by atoms with Crippen molar-refractivity contribution in [2.24, 2.45) is 0 Å². The number of aliphatic hydroxyl groups excluding tert-OH is 1. The standard InChI is InChI=1S/C26H27Cl2FN6O4/c27-19-6-7-20(29)23(28)18(19)8-15-39-21-16-22(32-33-24(21)30)31-26(38)35(12-9-34(10-13-35)11-14-36)25(37)17-4-2-1-3-5-17/h1-7,16,36H,8-15H2,(H2-,30,31,32,33,38)/p+1. The molecule has 0 unspecified atom stereocenters. The molecule has 2 heterocycles. The van der Waals surface area contributed by atoms with Crippen LogP contribution in [0.3, 0.4) is 0 Å². The van der Waals surface area contributed by atoms with E-state index in [0.29, 0.717) is 35.8 Å².